The average Bonchev–Trinajstić information content (AvgIpc) is 2.62. The lowest BCUT2D eigenvalue weighted by Crippen LogP contribution is -2.51. The third kappa shape index (κ3) is 1.99. The molecule has 0 aromatic heterocycles. The molecule has 0 bridgehead atoms. The van der Waals surface area contributed by atoms with E-state index < -0.39 is 16.9 Å². The summed E-state index contributed by atoms with van der Waals surface area (Å²) in [6, 6.07) is 6.85. The summed E-state index contributed by atoms with van der Waals surface area (Å²) < 4.78 is 0. The molecule has 114 valence electrons. The van der Waals surface area contributed by atoms with Crippen LogP contribution in [0.2, 0.25) is 0 Å². The maximum atomic E-state index is 12.6. The SMILES string of the molecule is CC(C)C1C(=O)Nc2ccccc2CN1c1c(N)c(=O)c1=O. The smallest absolute Gasteiger partial charge is 0.253 e. The molecule has 1 aliphatic rings. The van der Waals surface area contributed by atoms with Gasteiger partial charge in [-0.05, 0) is 17.5 Å². The van der Waals surface area contributed by atoms with Crippen molar-refractivity contribution < 1.29 is 4.79 Å². The van der Waals surface area contributed by atoms with Crippen LogP contribution >= 0.6 is 0 Å². The number of rotatable bonds is 2. The number of anilines is 3. The molecule has 6 heteroatoms. The van der Waals surface area contributed by atoms with Crippen molar-refractivity contribution in [3.8, 4) is 0 Å². The molecule has 3 N–H and O–H groups in total. The first-order valence-electron chi connectivity index (χ1n) is 7.16. The monoisotopic (exact) mass is 299 g/mol. The molecule has 1 unspecified atom stereocenters. The standard InChI is InChI=1S/C16H17N3O3/c1-8(2)12-16(22)18-10-6-4-3-5-9(10)7-19(12)13-11(17)14(20)15(13)21/h3-6,8,12H,7,17H2,1-2H3,(H,18,22). The van der Waals surface area contributed by atoms with Crippen molar-refractivity contribution in [1.29, 1.82) is 0 Å². The fourth-order valence-electron chi connectivity index (χ4n) is 2.97. The average molecular weight is 299 g/mol. The van der Waals surface area contributed by atoms with E-state index >= 15 is 0 Å². The number of benzene rings is 1. The van der Waals surface area contributed by atoms with Gasteiger partial charge in [0.05, 0.1) is 0 Å². The highest BCUT2D eigenvalue weighted by Crippen LogP contribution is 2.31. The van der Waals surface area contributed by atoms with Crippen LogP contribution in [0.1, 0.15) is 19.4 Å². The van der Waals surface area contributed by atoms with Gasteiger partial charge >= 0.3 is 0 Å². The van der Waals surface area contributed by atoms with Crippen LogP contribution in [0.4, 0.5) is 17.1 Å². The van der Waals surface area contributed by atoms with Gasteiger partial charge in [-0.2, -0.15) is 0 Å². The minimum atomic E-state index is -0.671. The van der Waals surface area contributed by atoms with Crippen LogP contribution in [0, 0.1) is 5.92 Å². The van der Waals surface area contributed by atoms with Crippen molar-refractivity contribution in [3.05, 3.63) is 50.3 Å². The van der Waals surface area contributed by atoms with E-state index in [1.807, 2.05) is 38.1 Å². The lowest BCUT2D eigenvalue weighted by atomic mass is 9.99. The Morgan fingerprint density at radius 2 is 1.86 bits per heavy atom. The van der Waals surface area contributed by atoms with Crippen molar-refractivity contribution in [2.24, 2.45) is 5.92 Å². The van der Waals surface area contributed by atoms with Crippen LogP contribution in [0.5, 0.6) is 0 Å². The number of carbonyl (C=O) groups is 1. The van der Waals surface area contributed by atoms with Crippen molar-refractivity contribution in [3.63, 3.8) is 0 Å². The number of nitrogens with two attached hydrogens (primary N) is 1. The molecule has 2 aromatic carbocycles. The largest absolute Gasteiger partial charge is 0.394 e. The van der Waals surface area contributed by atoms with E-state index in [1.54, 1.807) is 4.90 Å². The fraction of sp³-hybridized carbons (Fsp3) is 0.312. The number of amides is 1. The zero-order valence-electron chi connectivity index (χ0n) is 12.4. The van der Waals surface area contributed by atoms with Gasteiger partial charge in [0.1, 0.15) is 17.4 Å². The Balaban J connectivity index is 2.14. The van der Waals surface area contributed by atoms with Crippen LogP contribution in [0.3, 0.4) is 0 Å². The number of nitrogen functional groups attached to an aromatic ring is 1. The van der Waals surface area contributed by atoms with E-state index in [9.17, 15) is 14.4 Å². The van der Waals surface area contributed by atoms with Gasteiger partial charge < -0.3 is 16.0 Å². The Kier molecular flexibility index (Phi) is 3.24. The first-order valence-corrected chi connectivity index (χ1v) is 7.16. The molecule has 1 aliphatic heterocycles. The lowest BCUT2D eigenvalue weighted by molar-refractivity contribution is -0.118. The molecule has 0 fully saturated rings. The van der Waals surface area contributed by atoms with E-state index in [0.717, 1.165) is 11.3 Å². The first kappa shape index (κ1) is 14.3. The highest BCUT2D eigenvalue weighted by molar-refractivity contribution is 5.99. The van der Waals surface area contributed by atoms with Gasteiger partial charge in [-0.25, -0.2) is 0 Å². The number of para-hydroxylation sites is 1. The molecule has 0 spiro atoms. The third-order valence-corrected chi connectivity index (χ3v) is 4.06. The number of hydrogen-bond acceptors (Lipinski definition) is 5. The number of hydrogen-bond donors (Lipinski definition) is 2. The van der Waals surface area contributed by atoms with Crippen LogP contribution in [0.25, 0.3) is 0 Å². The molecule has 0 radical (unpaired) electrons. The second-order valence-electron chi connectivity index (χ2n) is 5.88. The van der Waals surface area contributed by atoms with Gasteiger partial charge in [-0.15, -0.1) is 0 Å². The normalized spacial score (nSPS) is 18.2. The number of nitrogens with zero attached hydrogens (tertiary/aromatic N) is 1. The molecular weight excluding hydrogens is 282 g/mol. The predicted octanol–water partition coefficient (Wildman–Crippen LogP) is 0.848. The molecule has 1 atom stereocenters. The molecule has 6 nitrogen and oxygen atoms in total. The van der Waals surface area contributed by atoms with Gasteiger partial charge in [-0.3, -0.25) is 14.4 Å². The molecule has 0 saturated carbocycles. The molecule has 0 aliphatic carbocycles. The minimum absolute atomic E-state index is 0.0434. The topological polar surface area (TPSA) is 92.5 Å². The predicted molar refractivity (Wildman–Crippen MR) is 85.6 cm³/mol. The molecule has 22 heavy (non-hydrogen) atoms. The zero-order valence-corrected chi connectivity index (χ0v) is 12.4. The maximum absolute atomic E-state index is 12.6. The summed E-state index contributed by atoms with van der Waals surface area (Å²) in [5, 5.41) is 2.89. The molecular formula is C16H17N3O3. The van der Waals surface area contributed by atoms with Gasteiger partial charge in [0, 0.05) is 12.2 Å². The number of carbonyl (C=O) groups excluding carboxylic acids is 1. The van der Waals surface area contributed by atoms with Crippen molar-refractivity contribution in [2.75, 3.05) is 16.0 Å². The van der Waals surface area contributed by atoms with Gasteiger partial charge in [0.15, 0.2) is 0 Å². The van der Waals surface area contributed by atoms with Crippen LogP contribution in [-0.2, 0) is 11.3 Å². The second kappa shape index (κ2) is 4.98. The summed E-state index contributed by atoms with van der Waals surface area (Å²) >= 11 is 0. The number of nitrogens with one attached hydrogen (secondary N) is 1. The van der Waals surface area contributed by atoms with Gasteiger partial charge in [0.25, 0.3) is 10.9 Å². The van der Waals surface area contributed by atoms with E-state index in [-0.39, 0.29) is 23.2 Å². The van der Waals surface area contributed by atoms with Crippen molar-refractivity contribution in [2.45, 2.75) is 26.4 Å². The van der Waals surface area contributed by atoms with Crippen molar-refractivity contribution in [1.82, 2.24) is 0 Å². The van der Waals surface area contributed by atoms with E-state index in [2.05, 4.69) is 5.32 Å². The molecule has 1 heterocycles. The Morgan fingerprint density at radius 1 is 1.18 bits per heavy atom. The van der Waals surface area contributed by atoms with Crippen molar-refractivity contribution >= 4 is 23.0 Å². The zero-order chi connectivity index (χ0) is 16.0. The quantitative estimate of drug-likeness (QED) is 0.802. The molecule has 3 rings (SSSR count). The van der Waals surface area contributed by atoms with E-state index in [1.165, 1.54) is 0 Å². The summed E-state index contributed by atoms with van der Waals surface area (Å²) in [6.45, 7) is 4.15. The molecule has 1 amide bonds. The van der Waals surface area contributed by atoms with Crippen LogP contribution < -0.4 is 26.8 Å². The molecule has 0 saturated heterocycles. The summed E-state index contributed by atoms with van der Waals surface area (Å²) in [5.74, 6) is -0.245. The maximum Gasteiger partial charge on any atom is 0.253 e. The number of fused-ring (bicyclic) bond motifs is 1. The Morgan fingerprint density at radius 3 is 2.50 bits per heavy atom. The van der Waals surface area contributed by atoms with Crippen LogP contribution in [0.15, 0.2) is 33.9 Å². The third-order valence-electron chi connectivity index (χ3n) is 4.06. The van der Waals surface area contributed by atoms with E-state index in [4.69, 9.17) is 5.73 Å². The van der Waals surface area contributed by atoms with Crippen LogP contribution in [-0.4, -0.2) is 11.9 Å². The highest BCUT2D eigenvalue weighted by Gasteiger charge is 2.37. The lowest BCUT2D eigenvalue weighted by Gasteiger charge is -2.33. The fourth-order valence-corrected chi connectivity index (χ4v) is 2.97. The first-order chi connectivity index (χ1) is 10.4. The van der Waals surface area contributed by atoms with E-state index in [0.29, 0.717) is 6.54 Å². The minimum Gasteiger partial charge on any atom is -0.394 e. The highest BCUT2D eigenvalue weighted by atomic mass is 16.2. The summed E-state index contributed by atoms with van der Waals surface area (Å²) in [4.78, 5) is 37.6. The Bertz CT molecular complexity index is 818. The summed E-state index contributed by atoms with van der Waals surface area (Å²) in [7, 11) is 0. The summed E-state index contributed by atoms with van der Waals surface area (Å²) in [6.07, 6.45) is 0. The second-order valence-corrected chi connectivity index (χ2v) is 5.88. The van der Waals surface area contributed by atoms with Gasteiger partial charge in [0.2, 0.25) is 5.91 Å². The van der Waals surface area contributed by atoms with Gasteiger partial charge in [-0.1, -0.05) is 32.0 Å². The Labute approximate surface area is 127 Å². The summed E-state index contributed by atoms with van der Waals surface area (Å²) in [5.41, 5.74) is 6.13. The Hall–Kier alpha value is -2.63. The molecule has 2 aromatic rings.